The SMILES string of the molecule is CC1=NCC(C)(C)S1.Cc1cccnc1. The summed E-state index contributed by atoms with van der Waals surface area (Å²) in [5.41, 5.74) is 1.21. The second-order valence-electron chi connectivity index (χ2n) is 4.23. The molecule has 0 fully saturated rings. The summed E-state index contributed by atoms with van der Waals surface area (Å²) in [5.74, 6) is 0. The Kier molecular flexibility index (Phi) is 4.33. The second kappa shape index (κ2) is 5.31. The van der Waals surface area contributed by atoms with E-state index in [0.29, 0.717) is 4.75 Å². The fraction of sp³-hybridized carbons (Fsp3) is 0.500. The van der Waals surface area contributed by atoms with Crippen LogP contribution in [-0.4, -0.2) is 21.3 Å². The zero-order valence-electron chi connectivity index (χ0n) is 9.82. The summed E-state index contributed by atoms with van der Waals surface area (Å²) in [5, 5.41) is 1.23. The summed E-state index contributed by atoms with van der Waals surface area (Å²) in [7, 11) is 0. The van der Waals surface area contributed by atoms with Crippen molar-refractivity contribution in [2.45, 2.75) is 32.4 Å². The highest BCUT2D eigenvalue weighted by Crippen LogP contribution is 2.31. The summed E-state index contributed by atoms with van der Waals surface area (Å²) in [6, 6.07) is 3.95. The van der Waals surface area contributed by atoms with Crippen LogP contribution in [0.4, 0.5) is 0 Å². The molecule has 0 aliphatic carbocycles. The molecule has 0 N–H and O–H groups in total. The van der Waals surface area contributed by atoms with Crippen molar-refractivity contribution < 1.29 is 0 Å². The molecule has 0 amide bonds. The second-order valence-corrected chi connectivity index (χ2v) is 6.13. The fourth-order valence-corrected chi connectivity index (χ4v) is 2.27. The van der Waals surface area contributed by atoms with Gasteiger partial charge < -0.3 is 0 Å². The van der Waals surface area contributed by atoms with Crippen molar-refractivity contribution in [3.63, 3.8) is 0 Å². The van der Waals surface area contributed by atoms with Gasteiger partial charge in [0.2, 0.25) is 0 Å². The first-order valence-corrected chi connectivity index (χ1v) is 5.88. The van der Waals surface area contributed by atoms with Crippen molar-refractivity contribution in [3.05, 3.63) is 30.1 Å². The molecule has 0 bridgehead atoms. The molecule has 2 nitrogen and oxygen atoms in total. The Morgan fingerprint density at radius 1 is 1.33 bits per heavy atom. The summed E-state index contributed by atoms with van der Waals surface area (Å²) in [6.45, 7) is 9.52. The van der Waals surface area contributed by atoms with Crippen LogP contribution >= 0.6 is 11.8 Å². The number of rotatable bonds is 0. The largest absolute Gasteiger partial charge is 0.282 e. The number of thioether (sulfide) groups is 1. The van der Waals surface area contributed by atoms with E-state index in [1.54, 1.807) is 6.20 Å². The fourth-order valence-electron chi connectivity index (χ4n) is 1.21. The van der Waals surface area contributed by atoms with Gasteiger partial charge in [0, 0.05) is 17.1 Å². The quantitative estimate of drug-likeness (QED) is 0.673. The van der Waals surface area contributed by atoms with E-state index >= 15 is 0 Å². The van der Waals surface area contributed by atoms with Crippen LogP contribution in [0, 0.1) is 6.92 Å². The number of nitrogens with zero attached hydrogens (tertiary/aromatic N) is 2. The van der Waals surface area contributed by atoms with Crippen LogP contribution in [0.5, 0.6) is 0 Å². The van der Waals surface area contributed by atoms with Gasteiger partial charge in [0.05, 0.1) is 11.6 Å². The Bertz CT molecular complexity index is 331. The van der Waals surface area contributed by atoms with Crippen LogP contribution in [0.2, 0.25) is 0 Å². The van der Waals surface area contributed by atoms with E-state index < -0.39 is 0 Å². The van der Waals surface area contributed by atoms with Crippen LogP contribution in [0.1, 0.15) is 26.3 Å². The third-order valence-electron chi connectivity index (χ3n) is 1.92. The Morgan fingerprint density at radius 3 is 2.27 bits per heavy atom. The number of aryl methyl sites for hydroxylation is 1. The van der Waals surface area contributed by atoms with E-state index in [0.717, 1.165) is 6.54 Å². The van der Waals surface area contributed by atoms with Crippen molar-refractivity contribution >= 4 is 16.8 Å². The molecule has 2 rings (SSSR count). The number of pyridine rings is 1. The molecule has 0 atom stereocenters. The van der Waals surface area contributed by atoms with Gasteiger partial charge in [0.25, 0.3) is 0 Å². The third-order valence-corrected chi connectivity index (χ3v) is 3.02. The monoisotopic (exact) mass is 222 g/mol. The lowest BCUT2D eigenvalue weighted by molar-refractivity contribution is 0.741. The lowest BCUT2D eigenvalue weighted by Crippen LogP contribution is -2.14. The molecular weight excluding hydrogens is 204 g/mol. The molecule has 0 radical (unpaired) electrons. The predicted octanol–water partition coefficient (Wildman–Crippen LogP) is 3.32. The van der Waals surface area contributed by atoms with E-state index in [9.17, 15) is 0 Å². The lowest BCUT2D eigenvalue weighted by Gasteiger charge is -2.12. The van der Waals surface area contributed by atoms with E-state index in [-0.39, 0.29) is 0 Å². The maximum absolute atomic E-state index is 4.27. The highest BCUT2D eigenvalue weighted by molar-refractivity contribution is 8.15. The van der Waals surface area contributed by atoms with Crippen molar-refractivity contribution in [1.29, 1.82) is 0 Å². The van der Waals surface area contributed by atoms with Crippen molar-refractivity contribution in [2.24, 2.45) is 4.99 Å². The third kappa shape index (κ3) is 4.98. The number of aromatic nitrogens is 1. The molecule has 82 valence electrons. The minimum absolute atomic E-state index is 0.379. The van der Waals surface area contributed by atoms with Gasteiger partial charge in [-0.25, -0.2) is 0 Å². The van der Waals surface area contributed by atoms with Gasteiger partial charge >= 0.3 is 0 Å². The minimum atomic E-state index is 0.379. The number of aliphatic imine (C=N–C) groups is 1. The van der Waals surface area contributed by atoms with Crippen molar-refractivity contribution in [2.75, 3.05) is 6.54 Å². The molecule has 0 aromatic carbocycles. The highest BCUT2D eigenvalue weighted by Gasteiger charge is 2.24. The zero-order valence-corrected chi connectivity index (χ0v) is 10.6. The Balaban J connectivity index is 0.000000151. The van der Waals surface area contributed by atoms with E-state index in [2.05, 4.69) is 30.7 Å². The number of hydrogen-bond acceptors (Lipinski definition) is 3. The highest BCUT2D eigenvalue weighted by atomic mass is 32.2. The Hall–Kier alpha value is -0.830. The van der Waals surface area contributed by atoms with E-state index in [4.69, 9.17) is 0 Å². The van der Waals surface area contributed by atoms with Crippen LogP contribution in [0.25, 0.3) is 0 Å². The van der Waals surface area contributed by atoms with Crippen LogP contribution < -0.4 is 0 Å². The van der Waals surface area contributed by atoms with Gasteiger partial charge in [-0.05, 0) is 39.3 Å². The first-order valence-electron chi connectivity index (χ1n) is 5.06. The normalized spacial score (nSPS) is 17.7. The maximum Gasteiger partial charge on any atom is 0.0651 e. The average molecular weight is 222 g/mol. The predicted molar refractivity (Wildman–Crippen MR) is 68.6 cm³/mol. The van der Waals surface area contributed by atoms with Gasteiger partial charge in [0.1, 0.15) is 0 Å². The number of hydrogen-bond donors (Lipinski definition) is 0. The molecule has 0 unspecified atom stereocenters. The molecule has 0 saturated heterocycles. The lowest BCUT2D eigenvalue weighted by atomic mass is 10.2. The van der Waals surface area contributed by atoms with Gasteiger partial charge in [-0.3, -0.25) is 9.98 Å². The molecule has 1 aliphatic rings. The molecule has 1 aliphatic heterocycles. The maximum atomic E-state index is 4.27. The molecule has 15 heavy (non-hydrogen) atoms. The van der Waals surface area contributed by atoms with Crippen LogP contribution in [0.15, 0.2) is 29.5 Å². The molecule has 0 spiro atoms. The molecule has 1 aromatic heterocycles. The van der Waals surface area contributed by atoms with Crippen molar-refractivity contribution in [3.8, 4) is 0 Å². The molecule has 1 aromatic rings. The van der Waals surface area contributed by atoms with Crippen molar-refractivity contribution in [1.82, 2.24) is 4.98 Å². The van der Waals surface area contributed by atoms with E-state index in [1.807, 2.05) is 37.0 Å². The molecule has 3 heteroatoms. The summed E-state index contributed by atoms with van der Waals surface area (Å²) in [6.07, 6.45) is 3.60. The molecule has 0 saturated carbocycles. The topological polar surface area (TPSA) is 25.2 Å². The summed E-state index contributed by atoms with van der Waals surface area (Å²) >= 11 is 1.87. The Labute approximate surface area is 96.2 Å². The van der Waals surface area contributed by atoms with Gasteiger partial charge in [0.15, 0.2) is 0 Å². The molecule has 2 heterocycles. The van der Waals surface area contributed by atoms with Crippen LogP contribution in [0.3, 0.4) is 0 Å². The van der Waals surface area contributed by atoms with Gasteiger partial charge in [-0.15, -0.1) is 11.8 Å². The smallest absolute Gasteiger partial charge is 0.0651 e. The van der Waals surface area contributed by atoms with E-state index in [1.165, 1.54) is 10.6 Å². The first-order chi connectivity index (χ1) is 6.99. The first kappa shape index (κ1) is 12.2. The summed E-state index contributed by atoms with van der Waals surface area (Å²) in [4.78, 5) is 8.15. The van der Waals surface area contributed by atoms with Crippen LogP contribution in [-0.2, 0) is 0 Å². The average Bonchev–Trinajstić information content (AvgIpc) is 2.46. The Morgan fingerprint density at radius 2 is 2.07 bits per heavy atom. The molecular formula is C12H18N2S. The zero-order chi connectivity index (χ0) is 11.3. The minimum Gasteiger partial charge on any atom is -0.282 e. The van der Waals surface area contributed by atoms with Gasteiger partial charge in [-0.2, -0.15) is 0 Å². The van der Waals surface area contributed by atoms with Gasteiger partial charge in [-0.1, -0.05) is 6.07 Å². The standard InChI is InChI=1S/C6H11NS.C6H7N/c1-5-7-4-6(2,3)8-5;1-6-3-2-4-7-5-6/h4H2,1-3H3;2-5H,1H3. The summed E-state index contributed by atoms with van der Waals surface area (Å²) < 4.78 is 0.379.